The van der Waals surface area contributed by atoms with Crippen LogP contribution in [0.4, 0.5) is 0 Å². The van der Waals surface area contributed by atoms with Gasteiger partial charge in [-0.25, -0.2) is 0 Å². The van der Waals surface area contributed by atoms with Gasteiger partial charge in [-0.05, 0) is 42.9 Å². The molecule has 1 fully saturated rings. The highest BCUT2D eigenvalue weighted by molar-refractivity contribution is 14.0. The number of benzene rings is 1. The van der Waals surface area contributed by atoms with Crippen molar-refractivity contribution in [3.05, 3.63) is 35.4 Å². The Morgan fingerprint density at radius 3 is 2.79 bits per heavy atom. The average molecular weight is 501 g/mol. The highest BCUT2D eigenvalue weighted by Crippen LogP contribution is 2.19. The Morgan fingerprint density at radius 2 is 2.11 bits per heavy atom. The zero-order valence-electron chi connectivity index (χ0n) is 16.7. The molecule has 8 heteroatoms. The number of carbonyl (C=O) groups is 2. The molecule has 2 rings (SSSR count). The van der Waals surface area contributed by atoms with E-state index in [1.807, 2.05) is 31.2 Å². The van der Waals surface area contributed by atoms with Crippen LogP contribution in [0, 0.1) is 5.92 Å². The maximum absolute atomic E-state index is 12.1. The van der Waals surface area contributed by atoms with Crippen LogP contribution in [0.2, 0.25) is 0 Å². The second-order valence-corrected chi connectivity index (χ2v) is 6.98. The molecule has 1 atom stereocenters. The number of amides is 2. The molecule has 0 bridgehead atoms. The largest absolute Gasteiger partial charge is 0.370 e. The standard InChI is InChI=1S/C20H31N5O2.HI/c1-3-9-23-19(27)17-8-4-6-15(11-17)13-24-20(22-2)25-10-5-7-16(14-25)12-18(21)26;/h4,6,8,11,16H,3,5,7,9-10,12-14H2,1-2H3,(H2,21,26)(H,22,24)(H,23,27);1H. The van der Waals surface area contributed by atoms with E-state index < -0.39 is 0 Å². The molecule has 0 radical (unpaired) electrons. The fraction of sp³-hybridized carbons (Fsp3) is 0.550. The first-order valence-corrected chi connectivity index (χ1v) is 9.64. The number of nitrogens with one attached hydrogen (secondary N) is 2. The number of aliphatic imine (C=N–C) groups is 1. The fourth-order valence-corrected chi connectivity index (χ4v) is 3.39. The number of nitrogens with two attached hydrogens (primary N) is 1. The molecule has 0 aromatic heterocycles. The van der Waals surface area contributed by atoms with E-state index in [4.69, 9.17) is 5.73 Å². The van der Waals surface area contributed by atoms with Gasteiger partial charge in [0, 0.05) is 45.2 Å². The fourth-order valence-electron chi connectivity index (χ4n) is 3.39. The number of guanidine groups is 1. The van der Waals surface area contributed by atoms with E-state index in [1.165, 1.54) is 0 Å². The lowest BCUT2D eigenvalue weighted by Crippen LogP contribution is -2.46. The lowest BCUT2D eigenvalue weighted by Gasteiger charge is -2.34. The Balaban J connectivity index is 0.00000392. The van der Waals surface area contributed by atoms with E-state index in [1.54, 1.807) is 7.05 Å². The molecule has 156 valence electrons. The van der Waals surface area contributed by atoms with E-state index in [9.17, 15) is 9.59 Å². The van der Waals surface area contributed by atoms with Gasteiger partial charge in [-0.2, -0.15) is 0 Å². The summed E-state index contributed by atoms with van der Waals surface area (Å²) >= 11 is 0. The second-order valence-electron chi connectivity index (χ2n) is 6.98. The summed E-state index contributed by atoms with van der Waals surface area (Å²) < 4.78 is 0. The topological polar surface area (TPSA) is 99.8 Å². The van der Waals surface area contributed by atoms with Crippen molar-refractivity contribution >= 4 is 41.8 Å². The summed E-state index contributed by atoms with van der Waals surface area (Å²) in [5.74, 6) is 0.793. The van der Waals surface area contributed by atoms with Gasteiger partial charge in [0.1, 0.15) is 0 Å². The molecule has 0 aliphatic carbocycles. The SMILES string of the molecule is CCCNC(=O)c1cccc(CNC(=NC)N2CCCC(CC(N)=O)C2)c1.I. The molecule has 28 heavy (non-hydrogen) atoms. The Labute approximate surface area is 184 Å². The number of piperidine rings is 1. The van der Waals surface area contributed by atoms with Gasteiger partial charge in [-0.3, -0.25) is 14.6 Å². The number of hydrogen-bond donors (Lipinski definition) is 3. The third kappa shape index (κ3) is 7.65. The van der Waals surface area contributed by atoms with Crippen LogP contribution in [-0.4, -0.2) is 49.4 Å². The molecule has 1 aromatic carbocycles. The first-order valence-electron chi connectivity index (χ1n) is 9.64. The summed E-state index contributed by atoms with van der Waals surface area (Å²) in [7, 11) is 1.76. The molecule has 1 heterocycles. The maximum Gasteiger partial charge on any atom is 0.251 e. The van der Waals surface area contributed by atoms with Gasteiger partial charge in [-0.1, -0.05) is 19.1 Å². The van der Waals surface area contributed by atoms with Crippen molar-refractivity contribution in [3.8, 4) is 0 Å². The first kappa shape index (κ1) is 24.2. The van der Waals surface area contributed by atoms with Crippen molar-refractivity contribution in [2.45, 2.75) is 39.2 Å². The summed E-state index contributed by atoms with van der Waals surface area (Å²) in [6.07, 6.45) is 3.37. The minimum Gasteiger partial charge on any atom is -0.370 e. The summed E-state index contributed by atoms with van der Waals surface area (Å²) in [6, 6.07) is 7.60. The van der Waals surface area contributed by atoms with Crippen LogP contribution >= 0.6 is 24.0 Å². The van der Waals surface area contributed by atoms with Crippen molar-refractivity contribution in [1.82, 2.24) is 15.5 Å². The van der Waals surface area contributed by atoms with Gasteiger partial charge < -0.3 is 21.3 Å². The van der Waals surface area contributed by atoms with Crippen LogP contribution in [0.25, 0.3) is 0 Å². The van der Waals surface area contributed by atoms with Crippen molar-refractivity contribution in [2.24, 2.45) is 16.6 Å². The van der Waals surface area contributed by atoms with Crippen LogP contribution in [0.3, 0.4) is 0 Å². The number of likely N-dealkylation sites (tertiary alicyclic amines) is 1. The van der Waals surface area contributed by atoms with Gasteiger partial charge in [0.2, 0.25) is 5.91 Å². The molecule has 1 aliphatic rings. The zero-order valence-corrected chi connectivity index (χ0v) is 19.1. The number of hydrogen-bond acceptors (Lipinski definition) is 3. The van der Waals surface area contributed by atoms with E-state index in [0.29, 0.717) is 25.1 Å². The van der Waals surface area contributed by atoms with E-state index in [-0.39, 0.29) is 41.7 Å². The number of primary amides is 1. The molecule has 2 amide bonds. The lowest BCUT2D eigenvalue weighted by atomic mass is 9.95. The predicted molar refractivity (Wildman–Crippen MR) is 123 cm³/mol. The molecule has 1 aromatic rings. The minimum atomic E-state index is -0.247. The lowest BCUT2D eigenvalue weighted by molar-refractivity contribution is -0.119. The van der Waals surface area contributed by atoms with Crippen molar-refractivity contribution in [2.75, 3.05) is 26.7 Å². The van der Waals surface area contributed by atoms with Gasteiger partial charge >= 0.3 is 0 Å². The molecular formula is C20H32IN5O2. The molecule has 1 aliphatic heterocycles. The highest BCUT2D eigenvalue weighted by atomic mass is 127. The van der Waals surface area contributed by atoms with Gasteiger partial charge in [0.25, 0.3) is 5.91 Å². The monoisotopic (exact) mass is 501 g/mol. The van der Waals surface area contributed by atoms with E-state index in [0.717, 1.165) is 43.9 Å². The normalized spacial score (nSPS) is 16.9. The summed E-state index contributed by atoms with van der Waals surface area (Å²) in [5.41, 5.74) is 7.03. The summed E-state index contributed by atoms with van der Waals surface area (Å²) in [4.78, 5) is 29.9. The molecule has 4 N–H and O–H groups in total. The average Bonchev–Trinajstić information content (AvgIpc) is 2.66. The molecule has 0 spiro atoms. The first-order chi connectivity index (χ1) is 13.0. The van der Waals surface area contributed by atoms with Crippen molar-refractivity contribution in [1.29, 1.82) is 0 Å². The van der Waals surface area contributed by atoms with E-state index in [2.05, 4.69) is 20.5 Å². The van der Waals surface area contributed by atoms with Crippen LogP contribution in [0.15, 0.2) is 29.3 Å². The third-order valence-electron chi connectivity index (χ3n) is 4.70. The Kier molecular flexibility index (Phi) is 10.9. The summed E-state index contributed by atoms with van der Waals surface area (Å²) in [5, 5.41) is 6.26. The zero-order chi connectivity index (χ0) is 19.6. The van der Waals surface area contributed by atoms with Crippen LogP contribution in [0.1, 0.15) is 48.5 Å². The molecule has 7 nitrogen and oxygen atoms in total. The van der Waals surface area contributed by atoms with Gasteiger partial charge in [0.05, 0.1) is 0 Å². The number of carbonyl (C=O) groups excluding carboxylic acids is 2. The smallest absolute Gasteiger partial charge is 0.251 e. The third-order valence-corrected chi connectivity index (χ3v) is 4.70. The Morgan fingerprint density at radius 1 is 1.32 bits per heavy atom. The maximum atomic E-state index is 12.1. The van der Waals surface area contributed by atoms with Gasteiger partial charge in [-0.15, -0.1) is 24.0 Å². The summed E-state index contributed by atoms with van der Waals surface area (Å²) in [6.45, 7) is 4.98. The second kappa shape index (κ2) is 12.6. The molecule has 1 unspecified atom stereocenters. The van der Waals surface area contributed by atoms with Crippen LogP contribution in [0.5, 0.6) is 0 Å². The molecular weight excluding hydrogens is 469 g/mol. The van der Waals surface area contributed by atoms with Crippen LogP contribution < -0.4 is 16.4 Å². The molecule has 1 saturated heterocycles. The quantitative estimate of drug-likeness (QED) is 0.303. The van der Waals surface area contributed by atoms with E-state index >= 15 is 0 Å². The van der Waals surface area contributed by atoms with Gasteiger partial charge in [0.15, 0.2) is 5.96 Å². The predicted octanol–water partition coefficient (Wildman–Crippen LogP) is 2.11. The number of nitrogens with zero attached hydrogens (tertiary/aromatic N) is 2. The Bertz CT molecular complexity index is 680. The minimum absolute atomic E-state index is 0. The number of halogens is 1. The highest BCUT2D eigenvalue weighted by Gasteiger charge is 2.23. The van der Waals surface area contributed by atoms with Crippen LogP contribution in [-0.2, 0) is 11.3 Å². The number of rotatable bonds is 7. The van der Waals surface area contributed by atoms with Crippen molar-refractivity contribution in [3.63, 3.8) is 0 Å². The molecule has 0 saturated carbocycles. The Hall–Kier alpha value is -1.84. The van der Waals surface area contributed by atoms with Crippen molar-refractivity contribution < 1.29 is 9.59 Å².